The Bertz CT molecular complexity index is 371. The highest BCUT2D eigenvalue weighted by molar-refractivity contribution is 5.49. The van der Waals surface area contributed by atoms with Crippen molar-refractivity contribution >= 4 is 5.69 Å². The second-order valence-electron chi connectivity index (χ2n) is 5.74. The van der Waals surface area contributed by atoms with Gasteiger partial charge in [0.25, 0.3) is 0 Å². The number of nitrogens with zero attached hydrogens (tertiary/aromatic N) is 1. The number of hydrogen-bond acceptors (Lipinski definition) is 2. The minimum Gasteiger partial charge on any atom is -0.369 e. The highest BCUT2D eigenvalue weighted by atomic mass is 15.2. The molecule has 106 valence electrons. The number of benzene rings is 1. The van der Waals surface area contributed by atoms with Crippen molar-refractivity contribution in [2.75, 3.05) is 18.0 Å². The Hall–Kier alpha value is -1.02. The van der Waals surface area contributed by atoms with Crippen molar-refractivity contribution in [2.45, 2.75) is 58.5 Å². The molecule has 2 rings (SSSR count). The molecule has 0 saturated carbocycles. The van der Waals surface area contributed by atoms with Gasteiger partial charge in [0.1, 0.15) is 0 Å². The first kappa shape index (κ1) is 14.4. The summed E-state index contributed by atoms with van der Waals surface area (Å²) in [5.41, 5.74) is 2.85. The predicted octanol–water partition coefficient (Wildman–Crippen LogP) is 3.61. The zero-order chi connectivity index (χ0) is 13.7. The first-order chi connectivity index (χ1) is 9.24. The molecule has 1 heterocycles. The Kier molecular flexibility index (Phi) is 5.26. The van der Waals surface area contributed by atoms with E-state index in [0.717, 1.165) is 6.54 Å². The van der Waals surface area contributed by atoms with Gasteiger partial charge in [-0.15, -0.1) is 0 Å². The molecule has 2 unspecified atom stereocenters. The van der Waals surface area contributed by atoms with Gasteiger partial charge in [0.2, 0.25) is 0 Å². The molecule has 1 saturated heterocycles. The Morgan fingerprint density at radius 2 is 1.95 bits per heavy atom. The summed E-state index contributed by atoms with van der Waals surface area (Å²) in [4.78, 5) is 2.56. The van der Waals surface area contributed by atoms with E-state index in [9.17, 15) is 0 Å². The summed E-state index contributed by atoms with van der Waals surface area (Å²) in [6.07, 6.45) is 4.93. The fourth-order valence-corrected chi connectivity index (χ4v) is 3.17. The van der Waals surface area contributed by atoms with E-state index in [0.29, 0.717) is 12.1 Å². The van der Waals surface area contributed by atoms with Crippen molar-refractivity contribution in [2.24, 2.45) is 0 Å². The Morgan fingerprint density at radius 1 is 1.21 bits per heavy atom. The standard InChI is InChI=1S/C17H28N2/c1-4-6-15-7-9-17(10-8-15)19-12-11-16(18-5-2)13-14(19)3/h7-10,14,16,18H,4-6,11-13H2,1-3H3. The Balaban J connectivity index is 1.98. The fraction of sp³-hybridized carbons (Fsp3) is 0.647. The van der Waals surface area contributed by atoms with Crippen LogP contribution in [0.4, 0.5) is 5.69 Å². The maximum absolute atomic E-state index is 3.59. The largest absolute Gasteiger partial charge is 0.369 e. The first-order valence-corrected chi connectivity index (χ1v) is 7.83. The molecule has 1 aliphatic rings. The molecule has 0 radical (unpaired) electrons. The predicted molar refractivity (Wildman–Crippen MR) is 83.9 cm³/mol. The van der Waals surface area contributed by atoms with Crippen LogP contribution in [-0.4, -0.2) is 25.2 Å². The van der Waals surface area contributed by atoms with Crippen LogP contribution in [0.2, 0.25) is 0 Å². The van der Waals surface area contributed by atoms with Crippen LogP contribution in [0.3, 0.4) is 0 Å². The number of hydrogen-bond donors (Lipinski definition) is 1. The van der Waals surface area contributed by atoms with Crippen LogP contribution >= 0.6 is 0 Å². The molecular weight excluding hydrogens is 232 g/mol. The molecule has 1 N–H and O–H groups in total. The highest BCUT2D eigenvalue weighted by Crippen LogP contribution is 2.25. The molecule has 1 aromatic carbocycles. The first-order valence-electron chi connectivity index (χ1n) is 7.83. The van der Waals surface area contributed by atoms with Gasteiger partial charge in [0.05, 0.1) is 0 Å². The summed E-state index contributed by atoms with van der Waals surface area (Å²) in [6, 6.07) is 10.5. The number of rotatable bonds is 5. The molecule has 2 atom stereocenters. The van der Waals surface area contributed by atoms with Gasteiger partial charge in [0.15, 0.2) is 0 Å². The number of anilines is 1. The molecule has 1 aromatic rings. The van der Waals surface area contributed by atoms with Crippen molar-refractivity contribution in [3.8, 4) is 0 Å². The Morgan fingerprint density at radius 3 is 2.53 bits per heavy atom. The van der Waals surface area contributed by atoms with E-state index in [1.54, 1.807) is 0 Å². The third kappa shape index (κ3) is 3.73. The van der Waals surface area contributed by atoms with Crippen LogP contribution < -0.4 is 10.2 Å². The average Bonchev–Trinajstić information content (AvgIpc) is 2.41. The molecule has 0 aromatic heterocycles. The van der Waals surface area contributed by atoms with Crippen LogP contribution in [0.15, 0.2) is 24.3 Å². The van der Waals surface area contributed by atoms with Gasteiger partial charge in [-0.2, -0.15) is 0 Å². The van der Waals surface area contributed by atoms with E-state index >= 15 is 0 Å². The molecule has 0 amide bonds. The van der Waals surface area contributed by atoms with E-state index < -0.39 is 0 Å². The average molecular weight is 260 g/mol. The lowest BCUT2D eigenvalue weighted by Gasteiger charge is -2.39. The third-order valence-corrected chi connectivity index (χ3v) is 4.18. The van der Waals surface area contributed by atoms with Gasteiger partial charge in [0, 0.05) is 24.3 Å². The van der Waals surface area contributed by atoms with Gasteiger partial charge in [-0.3, -0.25) is 0 Å². The lowest BCUT2D eigenvalue weighted by Crippen LogP contribution is -2.47. The van der Waals surface area contributed by atoms with E-state index in [1.165, 1.54) is 43.5 Å². The van der Waals surface area contributed by atoms with E-state index in [-0.39, 0.29) is 0 Å². The molecule has 19 heavy (non-hydrogen) atoms. The monoisotopic (exact) mass is 260 g/mol. The van der Waals surface area contributed by atoms with E-state index in [4.69, 9.17) is 0 Å². The van der Waals surface area contributed by atoms with Crippen molar-refractivity contribution in [3.63, 3.8) is 0 Å². The van der Waals surface area contributed by atoms with Crippen LogP contribution in [0, 0.1) is 0 Å². The number of aryl methyl sites for hydroxylation is 1. The van der Waals surface area contributed by atoms with Crippen LogP contribution in [0.1, 0.15) is 45.6 Å². The van der Waals surface area contributed by atoms with Gasteiger partial charge < -0.3 is 10.2 Å². The normalized spacial score (nSPS) is 23.6. The van der Waals surface area contributed by atoms with Gasteiger partial charge in [-0.1, -0.05) is 32.4 Å². The van der Waals surface area contributed by atoms with Gasteiger partial charge in [-0.05, 0) is 50.4 Å². The molecule has 0 spiro atoms. The quantitative estimate of drug-likeness (QED) is 0.870. The molecular formula is C17H28N2. The zero-order valence-electron chi connectivity index (χ0n) is 12.7. The third-order valence-electron chi connectivity index (χ3n) is 4.18. The summed E-state index contributed by atoms with van der Waals surface area (Å²) >= 11 is 0. The topological polar surface area (TPSA) is 15.3 Å². The summed E-state index contributed by atoms with van der Waals surface area (Å²) in [7, 11) is 0. The van der Waals surface area contributed by atoms with Crippen molar-refractivity contribution in [1.29, 1.82) is 0 Å². The summed E-state index contributed by atoms with van der Waals surface area (Å²) in [5, 5.41) is 3.59. The van der Waals surface area contributed by atoms with Crippen molar-refractivity contribution in [1.82, 2.24) is 5.32 Å². The maximum Gasteiger partial charge on any atom is 0.0368 e. The minimum atomic E-state index is 0.634. The smallest absolute Gasteiger partial charge is 0.0368 e. The molecule has 0 bridgehead atoms. The van der Waals surface area contributed by atoms with Gasteiger partial charge >= 0.3 is 0 Å². The zero-order valence-corrected chi connectivity index (χ0v) is 12.7. The molecule has 0 aliphatic carbocycles. The summed E-state index contributed by atoms with van der Waals surface area (Å²) < 4.78 is 0. The number of piperidine rings is 1. The molecule has 2 nitrogen and oxygen atoms in total. The molecule has 1 fully saturated rings. The lowest BCUT2D eigenvalue weighted by atomic mass is 9.97. The second kappa shape index (κ2) is 6.95. The van der Waals surface area contributed by atoms with Gasteiger partial charge in [-0.25, -0.2) is 0 Å². The van der Waals surface area contributed by atoms with Crippen molar-refractivity contribution in [3.05, 3.63) is 29.8 Å². The maximum atomic E-state index is 3.59. The van der Waals surface area contributed by atoms with Crippen LogP contribution in [0.25, 0.3) is 0 Å². The number of nitrogens with one attached hydrogen (secondary N) is 1. The fourth-order valence-electron chi connectivity index (χ4n) is 3.17. The molecule has 1 aliphatic heterocycles. The van der Waals surface area contributed by atoms with Crippen LogP contribution in [0.5, 0.6) is 0 Å². The minimum absolute atomic E-state index is 0.634. The molecule has 2 heteroatoms. The van der Waals surface area contributed by atoms with E-state index in [1.807, 2.05) is 0 Å². The van der Waals surface area contributed by atoms with Crippen molar-refractivity contribution < 1.29 is 0 Å². The highest BCUT2D eigenvalue weighted by Gasteiger charge is 2.24. The lowest BCUT2D eigenvalue weighted by molar-refractivity contribution is 0.374. The SMILES string of the molecule is CCCc1ccc(N2CCC(NCC)CC2C)cc1. The Labute approximate surface area is 118 Å². The summed E-state index contributed by atoms with van der Waals surface area (Å²) in [5.74, 6) is 0. The van der Waals surface area contributed by atoms with E-state index in [2.05, 4.69) is 55.3 Å². The second-order valence-corrected chi connectivity index (χ2v) is 5.74. The van der Waals surface area contributed by atoms with Crippen LogP contribution in [-0.2, 0) is 6.42 Å². The summed E-state index contributed by atoms with van der Waals surface area (Å²) in [6.45, 7) is 9.05.